The first-order valence-corrected chi connectivity index (χ1v) is 24.2. The van der Waals surface area contributed by atoms with Crippen LogP contribution < -0.4 is 5.32 Å². The minimum Gasteiger partial charge on any atom is -0.446 e. The number of carbonyl (C=O) groups excluding carboxylic acids is 1. The Labute approximate surface area is 325 Å². The van der Waals surface area contributed by atoms with E-state index in [1.165, 1.54) is 71.3 Å². The van der Waals surface area contributed by atoms with Gasteiger partial charge in [-0.25, -0.2) is 9.36 Å². The van der Waals surface area contributed by atoms with Crippen LogP contribution in [0.3, 0.4) is 0 Å². The fourth-order valence-corrected chi connectivity index (χ4v) is 11.8. The highest BCUT2D eigenvalue weighted by Crippen LogP contribution is 2.67. The van der Waals surface area contributed by atoms with Gasteiger partial charge in [-0.15, -0.1) is 0 Å². The van der Waals surface area contributed by atoms with Gasteiger partial charge in [0.2, 0.25) is 0 Å². The van der Waals surface area contributed by atoms with Gasteiger partial charge in [0.05, 0.1) is 52.9 Å². The Morgan fingerprint density at radius 1 is 0.868 bits per heavy atom. The van der Waals surface area contributed by atoms with Crippen LogP contribution in [0.4, 0.5) is 4.79 Å². The van der Waals surface area contributed by atoms with E-state index in [4.69, 9.17) is 32.7 Å². The molecule has 8 atom stereocenters. The molecule has 4 rings (SSSR count). The highest BCUT2D eigenvalue weighted by molar-refractivity contribution is 8.54. The van der Waals surface area contributed by atoms with Crippen LogP contribution in [0.25, 0.3) is 0 Å². The number of carbonyl (C=O) groups is 1. The van der Waals surface area contributed by atoms with Crippen molar-refractivity contribution in [1.29, 1.82) is 0 Å². The fraction of sp³-hybridized carbons (Fsp3) is 0.927. The Hall–Kier alpha value is -0.650. The van der Waals surface area contributed by atoms with Crippen molar-refractivity contribution in [3.05, 3.63) is 11.6 Å². The molecule has 0 radical (unpaired) electrons. The van der Waals surface area contributed by atoms with E-state index in [9.17, 15) is 9.36 Å². The van der Waals surface area contributed by atoms with Crippen molar-refractivity contribution in [2.75, 3.05) is 79.4 Å². The molecular weight excluding hydrogens is 713 g/mol. The molecule has 0 saturated heterocycles. The van der Waals surface area contributed by atoms with Crippen LogP contribution >= 0.6 is 18.2 Å². The van der Waals surface area contributed by atoms with E-state index >= 15 is 0 Å². The van der Waals surface area contributed by atoms with Crippen molar-refractivity contribution < 1.29 is 42.1 Å². The summed E-state index contributed by atoms with van der Waals surface area (Å²) in [7, 11) is 1.37. The van der Waals surface area contributed by atoms with Crippen LogP contribution in [0, 0.1) is 40.4 Å². The zero-order valence-corrected chi connectivity index (χ0v) is 35.8. The lowest BCUT2D eigenvalue weighted by molar-refractivity contribution is -0.0519. The first kappa shape index (κ1) is 45.1. The molecule has 53 heavy (non-hydrogen) atoms. The molecule has 8 unspecified atom stereocenters. The van der Waals surface area contributed by atoms with Crippen LogP contribution in [0.2, 0.25) is 0 Å². The number of allylic oxidation sites excluding steroid dienone is 1. The number of hydrogen-bond donors (Lipinski definition) is 1. The lowest BCUT2D eigenvalue weighted by atomic mass is 9.47. The smallest absolute Gasteiger partial charge is 0.407 e. The summed E-state index contributed by atoms with van der Waals surface area (Å²) in [5.74, 6) is 4.25. The number of amides is 1. The first-order chi connectivity index (χ1) is 25.5. The molecule has 3 saturated carbocycles. The van der Waals surface area contributed by atoms with Gasteiger partial charge in [-0.2, -0.15) is 0 Å². The molecule has 1 N–H and O–H groups in total. The number of hydrogen-bond acceptors (Lipinski definition) is 10. The van der Waals surface area contributed by atoms with Crippen LogP contribution in [-0.4, -0.2) is 91.6 Å². The molecule has 0 aliphatic heterocycles. The third-order valence-electron chi connectivity index (χ3n) is 13.1. The minimum atomic E-state index is -3.04. The van der Waals surface area contributed by atoms with Crippen LogP contribution in [-0.2, 0) is 37.3 Å². The molecular formula is C41H74NO9PS. The largest absolute Gasteiger partial charge is 0.446 e. The normalized spacial score (nSPS) is 30.6. The molecule has 0 heterocycles. The summed E-state index contributed by atoms with van der Waals surface area (Å²) in [4.78, 5) is 12.7. The van der Waals surface area contributed by atoms with E-state index in [1.807, 2.05) is 0 Å². The molecule has 4 aliphatic carbocycles. The van der Waals surface area contributed by atoms with Crippen molar-refractivity contribution in [2.24, 2.45) is 40.4 Å². The van der Waals surface area contributed by atoms with E-state index in [2.05, 4.69) is 39.1 Å². The van der Waals surface area contributed by atoms with Gasteiger partial charge in [-0.3, -0.25) is 4.52 Å². The third kappa shape index (κ3) is 13.5. The lowest BCUT2D eigenvalue weighted by Crippen LogP contribution is -2.50. The number of fused-ring (bicyclic) bond motifs is 5. The van der Waals surface area contributed by atoms with Gasteiger partial charge in [0.25, 0.3) is 0 Å². The van der Waals surface area contributed by atoms with Gasteiger partial charge in [0, 0.05) is 26.7 Å². The molecule has 0 aromatic carbocycles. The SMILES string of the molecule is COP(=O)(OCCOCCOCCOCCOCCCNC(=O)OC1CCC2(C)C(=CCC3C2CCC2(C)C(CCCCCC(C)C)CCC32)C1)SC. The monoisotopic (exact) mass is 787 g/mol. The summed E-state index contributed by atoms with van der Waals surface area (Å²) in [5, 5.41) is 2.93. The predicted octanol–water partition coefficient (Wildman–Crippen LogP) is 9.86. The van der Waals surface area contributed by atoms with E-state index < -0.39 is 6.80 Å². The highest BCUT2D eigenvalue weighted by Gasteiger charge is 2.58. The number of unbranched alkanes of at least 4 members (excludes halogenated alkanes) is 2. The van der Waals surface area contributed by atoms with E-state index in [0.717, 1.165) is 66.7 Å². The van der Waals surface area contributed by atoms with Gasteiger partial charge >= 0.3 is 12.9 Å². The average Bonchev–Trinajstić information content (AvgIpc) is 3.48. The van der Waals surface area contributed by atoms with Crippen molar-refractivity contribution in [3.63, 3.8) is 0 Å². The molecule has 0 aromatic heterocycles. The fourth-order valence-electron chi connectivity index (χ4n) is 10.1. The molecule has 1 amide bonds. The summed E-state index contributed by atoms with van der Waals surface area (Å²) in [6, 6.07) is 0. The number of rotatable bonds is 26. The second-order valence-corrected chi connectivity index (χ2v) is 21.1. The summed E-state index contributed by atoms with van der Waals surface area (Å²) in [6.45, 7) is 11.3. The zero-order chi connectivity index (χ0) is 38.2. The van der Waals surface area contributed by atoms with Crippen LogP contribution in [0.1, 0.15) is 118 Å². The van der Waals surface area contributed by atoms with Gasteiger partial charge < -0.3 is 33.5 Å². The molecule has 0 aromatic rings. The Morgan fingerprint density at radius 3 is 2.21 bits per heavy atom. The molecule has 12 heteroatoms. The van der Waals surface area contributed by atoms with E-state index in [0.29, 0.717) is 64.8 Å². The number of nitrogens with one attached hydrogen (secondary N) is 1. The first-order valence-electron chi connectivity index (χ1n) is 20.9. The number of ether oxygens (including phenoxy) is 5. The summed E-state index contributed by atoms with van der Waals surface area (Å²) in [5.41, 5.74) is 2.37. The Kier molecular flexibility index (Phi) is 19.5. The predicted molar refractivity (Wildman–Crippen MR) is 213 cm³/mol. The van der Waals surface area contributed by atoms with Crippen molar-refractivity contribution >= 4 is 24.3 Å². The molecule has 3 fully saturated rings. The van der Waals surface area contributed by atoms with Gasteiger partial charge in [-0.05, 0) is 116 Å². The number of alkyl carbamates (subject to hydrolysis) is 1. The topological polar surface area (TPSA) is 111 Å². The van der Waals surface area contributed by atoms with Crippen LogP contribution in [0.5, 0.6) is 0 Å². The van der Waals surface area contributed by atoms with Gasteiger partial charge in [0.1, 0.15) is 6.10 Å². The Balaban J connectivity index is 1.01. The zero-order valence-electron chi connectivity index (χ0n) is 34.0. The Morgan fingerprint density at radius 2 is 1.55 bits per heavy atom. The summed E-state index contributed by atoms with van der Waals surface area (Å²) in [6.07, 6.45) is 21.6. The van der Waals surface area contributed by atoms with Crippen molar-refractivity contribution in [2.45, 2.75) is 124 Å². The van der Waals surface area contributed by atoms with Crippen molar-refractivity contribution in [1.82, 2.24) is 5.32 Å². The summed E-state index contributed by atoms with van der Waals surface area (Å²) >= 11 is 1.06. The quantitative estimate of drug-likeness (QED) is 0.0517. The second-order valence-electron chi connectivity index (χ2n) is 16.8. The molecule has 308 valence electrons. The minimum absolute atomic E-state index is 0.0292. The Bertz CT molecular complexity index is 1150. The van der Waals surface area contributed by atoms with Gasteiger partial charge in [-0.1, -0.05) is 65.0 Å². The van der Waals surface area contributed by atoms with Gasteiger partial charge in [0.15, 0.2) is 0 Å². The standard InChI is InChI=1S/C41H74NO9PS/c1-32(2)11-8-7-9-12-33-14-16-37-36-15-13-34-31-35(17-19-41(34,4)38(36)18-20-40(33,37)3)51-39(43)42-21-10-22-46-23-24-47-25-26-48-27-28-49-29-30-50-52(44,45-5)53-6/h13,32-33,35-38H,7-12,14-31H2,1-6H3,(H,42,43). The maximum absolute atomic E-state index is 12.7. The summed E-state index contributed by atoms with van der Waals surface area (Å²) < 4.78 is 50.0. The molecule has 0 spiro atoms. The van der Waals surface area contributed by atoms with E-state index in [-0.39, 0.29) is 24.2 Å². The second kappa shape index (κ2) is 22.9. The maximum atomic E-state index is 12.7. The lowest BCUT2D eigenvalue weighted by Gasteiger charge is -2.58. The average molecular weight is 788 g/mol. The van der Waals surface area contributed by atoms with Crippen LogP contribution in [0.15, 0.2) is 11.6 Å². The van der Waals surface area contributed by atoms with Crippen molar-refractivity contribution in [3.8, 4) is 0 Å². The molecule has 0 bridgehead atoms. The molecule has 4 aliphatic rings. The third-order valence-corrected chi connectivity index (χ3v) is 16.6. The molecule has 10 nitrogen and oxygen atoms in total. The highest BCUT2D eigenvalue weighted by atomic mass is 32.7. The maximum Gasteiger partial charge on any atom is 0.407 e. The van der Waals surface area contributed by atoms with E-state index in [1.54, 1.807) is 11.8 Å².